The van der Waals surface area contributed by atoms with Gasteiger partial charge in [0.25, 0.3) is 0 Å². The Bertz CT molecular complexity index is 885. The first kappa shape index (κ1) is 21.0. The molecule has 0 saturated carbocycles. The van der Waals surface area contributed by atoms with Crippen LogP contribution in [0.15, 0.2) is 30.5 Å². The van der Waals surface area contributed by atoms with E-state index in [2.05, 4.69) is 20.4 Å². The van der Waals surface area contributed by atoms with Crippen LogP contribution in [0.2, 0.25) is 0 Å². The molecule has 1 heterocycles. The quantitative estimate of drug-likeness (QED) is 0.591. The number of benzene rings is 1. The zero-order chi connectivity index (χ0) is 20.9. The summed E-state index contributed by atoms with van der Waals surface area (Å²) in [5.74, 6) is -2.60. The first-order valence-corrected chi connectivity index (χ1v) is 8.13. The summed E-state index contributed by atoms with van der Waals surface area (Å²) < 4.78 is 49.4. The van der Waals surface area contributed by atoms with Crippen molar-refractivity contribution in [2.45, 2.75) is 20.0 Å². The highest BCUT2D eigenvalue weighted by atomic mass is 19.4. The molecule has 2 N–H and O–H groups in total. The van der Waals surface area contributed by atoms with Crippen molar-refractivity contribution >= 4 is 28.9 Å². The van der Waals surface area contributed by atoms with Gasteiger partial charge in [-0.1, -0.05) is 0 Å². The highest BCUT2D eigenvalue weighted by molar-refractivity contribution is 6.37. The van der Waals surface area contributed by atoms with Crippen molar-refractivity contribution in [3.8, 4) is 5.75 Å². The van der Waals surface area contributed by atoms with Crippen LogP contribution in [0.25, 0.3) is 0 Å². The molecule has 2 rings (SSSR count). The summed E-state index contributed by atoms with van der Waals surface area (Å²) in [5.41, 5.74) is -0.336. The number of hydrogen-bond donors (Lipinski definition) is 2. The number of carbonyl (C=O) groups excluding carboxylic acids is 2. The van der Waals surface area contributed by atoms with E-state index >= 15 is 0 Å². The molecule has 1 aromatic carbocycles. The van der Waals surface area contributed by atoms with Crippen molar-refractivity contribution in [1.82, 2.24) is 4.98 Å². The summed E-state index contributed by atoms with van der Waals surface area (Å²) in [5, 5.41) is 5.04. The number of aryl methyl sites for hydroxylation is 1. The zero-order valence-electron chi connectivity index (χ0n) is 15.3. The normalized spacial score (nSPS) is 10.9. The van der Waals surface area contributed by atoms with Crippen LogP contribution in [0.3, 0.4) is 0 Å². The smallest absolute Gasteiger partial charge is 0.416 e. The lowest BCUT2D eigenvalue weighted by Gasteiger charge is -2.19. The maximum absolute atomic E-state index is 13.3. The molecule has 0 atom stereocenters. The van der Waals surface area contributed by atoms with E-state index < -0.39 is 23.6 Å². The number of nitrogens with one attached hydrogen (secondary N) is 2. The predicted molar refractivity (Wildman–Crippen MR) is 95.5 cm³/mol. The third-order valence-corrected chi connectivity index (χ3v) is 3.63. The number of amides is 1. The Morgan fingerprint density at radius 1 is 1.21 bits per heavy atom. The summed E-state index contributed by atoms with van der Waals surface area (Å²) in [7, 11) is 1.15. The lowest BCUT2D eigenvalue weighted by atomic mass is 10.1. The molecule has 0 aliphatic heterocycles. The van der Waals surface area contributed by atoms with E-state index in [0.717, 1.165) is 19.2 Å². The van der Waals surface area contributed by atoms with Gasteiger partial charge in [0.1, 0.15) is 11.4 Å². The van der Waals surface area contributed by atoms with Crippen molar-refractivity contribution in [3.63, 3.8) is 0 Å². The molecule has 0 aliphatic rings. The molecule has 0 bridgehead atoms. The molecule has 150 valence electrons. The fraction of sp³-hybridized carbons (Fsp3) is 0.278. The summed E-state index contributed by atoms with van der Waals surface area (Å²) >= 11 is 0. The second-order valence-electron chi connectivity index (χ2n) is 5.53. The second kappa shape index (κ2) is 8.59. The minimum absolute atomic E-state index is 0.0314. The topological polar surface area (TPSA) is 89.6 Å². The van der Waals surface area contributed by atoms with E-state index in [9.17, 15) is 22.8 Å². The Morgan fingerprint density at radius 2 is 1.93 bits per heavy atom. The number of alkyl halides is 3. The Morgan fingerprint density at radius 3 is 2.50 bits per heavy atom. The number of aromatic nitrogens is 1. The summed E-state index contributed by atoms with van der Waals surface area (Å²) in [6, 6.07) is 4.72. The summed E-state index contributed by atoms with van der Waals surface area (Å²) in [6.07, 6.45) is -3.13. The van der Waals surface area contributed by atoms with Crippen molar-refractivity contribution < 1.29 is 32.2 Å². The van der Waals surface area contributed by atoms with E-state index in [4.69, 9.17) is 4.74 Å². The Hall–Kier alpha value is -3.30. The Kier molecular flexibility index (Phi) is 6.45. The highest BCUT2D eigenvalue weighted by Gasteiger charge is 2.33. The summed E-state index contributed by atoms with van der Waals surface area (Å²) in [4.78, 5) is 27.7. The minimum Gasteiger partial charge on any atom is -0.494 e. The molecule has 1 amide bonds. The van der Waals surface area contributed by atoms with E-state index in [1.54, 1.807) is 19.1 Å². The van der Waals surface area contributed by atoms with E-state index in [1.165, 1.54) is 13.1 Å². The highest BCUT2D eigenvalue weighted by Crippen LogP contribution is 2.41. The largest absolute Gasteiger partial charge is 0.494 e. The number of ether oxygens (including phenoxy) is 2. The van der Waals surface area contributed by atoms with Crippen LogP contribution in [0, 0.1) is 6.92 Å². The van der Waals surface area contributed by atoms with Gasteiger partial charge >= 0.3 is 18.1 Å². The van der Waals surface area contributed by atoms with Gasteiger partial charge in [-0.05, 0) is 38.1 Å². The SMILES string of the molecule is CCOC(=O)C(=O)Nc1c(Nc2cccnc2C)cc(C(F)(F)F)cc1OC. The van der Waals surface area contributed by atoms with Gasteiger partial charge in [-0.3, -0.25) is 9.78 Å². The first-order valence-electron chi connectivity index (χ1n) is 8.13. The predicted octanol–water partition coefficient (Wildman–Crippen LogP) is 3.66. The van der Waals surface area contributed by atoms with Crippen molar-refractivity contribution in [3.05, 3.63) is 41.7 Å². The van der Waals surface area contributed by atoms with Gasteiger partial charge in [0.2, 0.25) is 0 Å². The van der Waals surface area contributed by atoms with Gasteiger partial charge in [0, 0.05) is 6.20 Å². The number of nitrogens with zero attached hydrogens (tertiary/aromatic N) is 1. The third-order valence-electron chi connectivity index (χ3n) is 3.63. The molecule has 0 fully saturated rings. The fourth-order valence-electron chi connectivity index (χ4n) is 2.29. The Balaban J connectivity index is 2.55. The molecule has 2 aromatic rings. The van der Waals surface area contributed by atoms with Gasteiger partial charge < -0.3 is 20.1 Å². The van der Waals surface area contributed by atoms with Gasteiger partial charge in [0.15, 0.2) is 0 Å². The number of halogens is 3. The number of hydrogen-bond acceptors (Lipinski definition) is 6. The molecule has 28 heavy (non-hydrogen) atoms. The van der Waals surface area contributed by atoms with Crippen LogP contribution < -0.4 is 15.4 Å². The van der Waals surface area contributed by atoms with Crippen LogP contribution in [0.5, 0.6) is 5.75 Å². The number of esters is 1. The standard InChI is InChI=1S/C18H18F3N3O4/c1-4-28-17(26)16(25)24-15-13(23-12-6-5-7-22-10(12)2)8-11(18(19,20)21)9-14(15)27-3/h5-9,23H,4H2,1-3H3,(H,24,25). The van der Waals surface area contributed by atoms with Crippen LogP contribution in [-0.4, -0.2) is 30.6 Å². The molecule has 10 heteroatoms. The number of anilines is 3. The van der Waals surface area contributed by atoms with Crippen molar-refractivity contribution in [2.75, 3.05) is 24.4 Å². The van der Waals surface area contributed by atoms with E-state index in [0.29, 0.717) is 11.4 Å². The maximum Gasteiger partial charge on any atom is 0.416 e. The molecule has 0 saturated heterocycles. The third kappa shape index (κ3) is 4.90. The number of rotatable bonds is 5. The van der Waals surface area contributed by atoms with Gasteiger partial charge in [0.05, 0.1) is 36.3 Å². The van der Waals surface area contributed by atoms with Crippen LogP contribution >= 0.6 is 0 Å². The average Bonchev–Trinajstić information content (AvgIpc) is 2.63. The molecule has 1 aromatic heterocycles. The van der Waals surface area contributed by atoms with E-state index in [1.807, 2.05) is 0 Å². The van der Waals surface area contributed by atoms with Crippen LogP contribution in [0.1, 0.15) is 18.2 Å². The number of carbonyl (C=O) groups is 2. The van der Waals surface area contributed by atoms with Gasteiger partial charge in [-0.15, -0.1) is 0 Å². The monoisotopic (exact) mass is 397 g/mol. The lowest BCUT2D eigenvalue weighted by Crippen LogP contribution is -2.26. The lowest BCUT2D eigenvalue weighted by molar-refractivity contribution is -0.152. The average molecular weight is 397 g/mol. The second-order valence-corrected chi connectivity index (χ2v) is 5.53. The maximum atomic E-state index is 13.3. The van der Waals surface area contributed by atoms with E-state index in [-0.39, 0.29) is 23.7 Å². The molecule has 0 unspecified atom stereocenters. The molecular formula is C18H18F3N3O4. The fourth-order valence-corrected chi connectivity index (χ4v) is 2.29. The zero-order valence-corrected chi connectivity index (χ0v) is 15.3. The van der Waals surface area contributed by atoms with Gasteiger partial charge in [-0.2, -0.15) is 13.2 Å². The van der Waals surface area contributed by atoms with Crippen molar-refractivity contribution in [2.24, 2.45) is 0 Å². The number of methoxy groups -OCH3 is 1. The minimum atomic E-state index is -4.66. The van der Waals surface area contributed by atoms with Crippen molar-refractivity contribution in [1.29, 1.82) is 0 Å². The molecule has 0 radical (unpaired) electrons. The Labute approximate surface area is 158 Å². The summed E-state index contributed by atoms with van der Waals surface area (Å²) in [6.45, 7) is 3.14. The van der Waals surface area contributed by atoms with Crippen LogP contribution in [-0.2, 0) is 20.5 Å². The molecule has 0 aliphatic carbocycles. The number of pyridine rings is 1. The van der Waals surface area contributed by atoms with Crippen LogP contribution in [0.4, 0.5) is 30.2 Å². The molecule has 7 nitrogen and oxygen atoms in total. The first-order chi connectivity index (χ1) is 13.2. The van der Waals surface area contributed by atoms with Gasteiger partial charge in [-0.25, -0.2) is 4.79 Å². The molecular weight excluding hydrogens is 379 g/mol. The molecule has 0 spiro atoms.